The van der Waals surface area contributed by atoms with Gasteiger partial charge in [-0.2, -0.15) is 8.42 Å². The molecule has 0 bridgehead atoms. The quantitative estimate of drug-likeness (QED) is 0.483. The summed E-state index contributed by atoms with van der Waals surface area (Å²) in [5.41, 5.74) is 2.59. The lowest BCUT2D eigenvalue weighted by molar-refractivity contribution is -0.150. The molecule has 0 unspecified atom stereocenters. The van der Waals surface area contributed by atoms with Crippen molar-refractivity contribution in [2.24, 2.45) is 0 Å². The molecular formula is C18H24N2O5S. The van der Waals surface area contributed by atoms with Crippen molar-refractivity contribution in [3.05, 3.63) is 41.0 Å². The maximum atomic E-state index is 12.4. The van der Waals surface area contributed by atoms with Crippen molar-refractivity contribution in [3.8, 4) is 0 Å². The molecular weight excluding hydrogens is 356 g/mol. The second-order valence-electron chi connectivity index (χ2n) is 6.00. The van der Waals surface area contributed by atoms with E-state index in [9.17, 15) is 18.0 Å². The van der Waals surface area contributed by atoms with Crippen LogP contribution in [0.1, 0.15) is 32.8 Å². The first-order chi connectivity index (χ1) is 12.3. The summed E-state index contributed by atoms with van der Waals surface area (Å²) >= 11 is 0. The predicted octanol–water partition coefficient (Wildman–Crippen LogP) is 1.90. The smallest absolute Gasteiger partial charge is 0.277 e. The van der Waals surface area contributed by atoms with E-state index in [1.54, 1.807) is 19.1 Å². The minimum Gasteiger partial charge on any atom is -0.277 e. The molecule has 1 heterocycles. The summed E-state index contributed by atoms with van der Waals surface area (Å²) in [6.07, 6.45) is 1.79. The summed E-state index contributed by atoms with van der Waals surface area (Å²) in [6.45, 7) is 6.26. The second-order valence-corrected chi connectivity index (χ2v) is 7.61. The Balaban J connectivity index is 2.01. The molecule has 0 radical (unpaired) electrons. The van der Waals surface area contributed by atoms with E-state index < -0.39 is 10.1 Å². The van der Waals surface area contributed by atoms with Crippen LogP contribution in [0.15, 0.2) is 40.3 Å². The summed E-state index contributed by atoms with van der Waals surface area (Å²) in [5, 5.41) is 2.83. The van der Waals surface area contributed by atoms with Gasteiger partial charge in [0.05, 0.1) is 18.0 Å². The summed E-state index contributed by atoms with van der Waals surface area (Å²) in [5.74, 6) is -0.129. The van der Waals surface area contributed by atoms with E-state index in [0.717, 1.165) is 16.7 Å². The maximum absolute atomic E-state index is 12.4. The van der Waals surface area contributed by atoms with Gasteiger partial charge in [-0.05, 0) is 50.0 Å². The van der Waals surface area contributed by atoms with Crippen molar-refractivity contribution >= 4 is 22.4 Å². The van der Waals surface area contributed by atoms with Gasteiger partial charge in [-0.25, -0.2) is 5.01 Å². The van der Waals surface area contributed by atoms with Crippen LogP contribution in [-0.4, -0.2) is 50.4 Å². The van der Waals surface area contributed by atoms with Gasteiger partial charge >= 0.3 is 0 Å². The zero-order chi connectivity index (χ0) is 19.3. The predicted molar refractivity (Wildman–Crippen MR) is 96.4 cm³/mol. The van der Waals surface area contributed by atoms with Crippen molar-refractivity contribution in [2.45, 2.75) is 38.5 Å². The van der Waals surface area contributed by atoms with Gasteiger partial charge in [0.2, 0.25) is 6.41 Å². The molecule has 1 aromatic rings. The Hall–Kier alpha value is -2.19. The fourth-order valence-corrected chi connectivity index (χ4v) is 3.83. The van der Waals surface area contributed by atoms with E-state index in [1.807, 2.05) is 13.8 Å². The van der Waals surface area contributed by atoms with Crippen LogP contribution in [0, 0.1) is 0 Å². The zero-order valence-electron chi connectivity index (χ0n) is 15.3. The van der Waals surface area contributed by atoms with Crippen LogP contribution >= 0.6 is 0 Å². The third-order valence-corrected chi connectivity index (χ3v) is 5.69. The van der Waals surface area contributed by atoms with Gasteiger partial charge in [-0.3, -0.25) is 18.8 Å². The highest BCUT2D eigenvalue weighted by molar-refractivity contribution is 7.86. The molecule has 7 nitrogen and oxygen atoms in total. The molecule has 1 aromatic carbocycles. The van der Waals surface area contributed by atoms with Gasteiger partial charge in [0.1, 0.15) is 0 Å². The number of amides is 2. The zero-order valence-corrected chi connectivity index (χ0v) is 16.1. The van der Waals surface area contributed by atoms with Crippen molar-refractivity contribution < 1.29 is 22.2 Å². The molecule has 0 saturated heterocycles. The molecule has 142 valence electrons. The molecule has 1 aliphatic heterocycles. The monoisotopic (exact) mass is 380 g/mol. The number of hydrazine groups is 1. The van der Waals surface area contributed by atoms with Gasteiger partial charge in [0, 0.05) is 12.1 Å². The van der Waals surface area contributed by atoms with E-state index >= 15 is 0 Å². The van der Waals surface area contributed by atoms with Crippen LogP contribution in [0.3, 0.4) is 0 Å². The molecule has 0 N–H and O–H groups in total. The van der Waals surface area contributed by atoms with Crippen molar-refractivity contribution in [1.82, 2.24) is 10.0 Å². The van der Waals surface area contributed by atoms with Gasteiger partial charge in [-0.15, -0.1) is 0 Å². The number of nitrogens with zero attached hydrogens (tertiary/aromatic N) is 2. The van der Waals surface area contributed by atoms with E-state index in [-0.39, 0.29) is 17.4 Å². The molecule has 0 fully saturated rings. The minimum atomic E-state index is -3.72. The number of benzene rings is 1. The molecule has 0 atom stereocenters. The Morgan fingerprint density at radius 2 is 1.88 bits per heavy atom. The molecule has 26 heavy (non-hydrogen) atoms. The first kappa shape index (κ1) is 20.1. The largest absolute Gasteiger partial charge is 0.296 e. The normalized spacial score (nSPS) is 14.9. The number of hydrogen-bond acceptors (Lipinski definition) is 5. The Morgan fingerprint density at radius 3 is 2.38 bits per heavy atom. The summed E-state index contributed by atoms with van der Waals surface area (Å²) in [4.78, 5) is 23.9. The van der Waals surface area contributed by atoms with Gasteiger partial charge in [-0.1, -0.05) is 19.1 Å². The number of carbonyl (C=O) groups excluding carboxylic acids is 2. The first-order valence-electron chi connectivity index (χ1n) is 8.54. The van der Waals surface area contributed by atoms with Crippen molar-refractivity contribution in [3.63, 3.8) is 0 Å². The SMILES string of the molecule is CCOS(=O)(=O)c1ccc(CCN(C=O)N2CC(C)=C(CC)C2=O)cc1. The number of hydrogen-bond donors (Lipinski definition) is 0. The molecule has 0 spiro atoms. The Labute approximate surface area is 154 Å². The molecule has 1 aliphatic rings. The van der Waals surface area contributed by atoms with Crippen LogP contribution in [0.25, 0.3) is 0 Å². The Kier molecular flexibility index (Phi) is 6.55. The second kappa shape index (κ2) is 8.46. The van der Waals surface area contributed by atoms with Gasteiger partial charge in [0.25, 0.3) is 16.0 Å². The fourth-order valence-electron chi connectivity index (χ4n) is 2.91. The summed E-state index contributed by atoms with van der Waals surface area (Å²) < 4.78 is 28.4. The standard InChI is InChI=1S/C18H24N2O5S/c1-4-17-14(3)12-20(18(17)22)19(13-21)11-10-15-6-8-16(9-7-15)26(23,24)25-5-2/h6-9,13H,4-5,10-12H2,1-3H3. The molecule has 2 amide bonds. The maximum Gasteiger partial charge on any atom is 0.296 e. The topological polar surface area (TPSA) is 84.0 Å². The highest BCUT2D eigenvalue weighted by Crippen LogP contribution is 2.22. The highest BCUT2D eigenvalue weighted by atomic mass is 32.2. The summed E-state index contributed by atoms with van der Waals surface area (Å²) in [7, 11) is -3.72. The Morgan fingerprint density at radius 1 is 1.23 bits per heavy atom. The third-order valence-electron chi connectivity index (χ3n) is 4.29. The lowest BCUT2D eigenvalue weighted by Crippen LogP contribution is -2.44. The third kappa shape index (κ3) is 4.31. The van der Waals surface area contributed by atoms with Crippen molar-refractivity contribution in [2.75, 3.05) is 19.7 Å². The van der Waals surface area contributed by atoms with Crippen LogP contribution in [-0.2, 0) is 30.3 Å². The van der Waals surface area contributed by atoms with Crippen LogP contribution in [0.2, 0.25) is 0 Å². The lowest BCUT2D eigenvalue weighted by Gasteiger charge is -2.28. The van der Waals surface area contributed by atoms with Crippen LogP contribution < -0.4 is 0 Å². The molecule has 0 aromatic heterocycles. The van der Waals surface area contributed by atoms with E-state index in [4.69, 9.17) is 4.18 Å². The van der Waals surface area contributed by atoms with E-state index in [2.05, 4.69) is 0 Å². The van der Waals surface area contributed by atoms with Gasteiger partial charge < -0.3 is 0 Å². The molecule has 2 rings (SSSR count). The average Bonchev–Trinajstić information content (AvgIpc) is 2.90. The van der Waals surface area contributed by atoms with Crippen molar-refractivity contribution in [1.29, 1.82) is 0 Å². The van der Waals surface area contributed by atoms with E-state index in [0.29, 0.717) is 32.3 Å². The van der Waals surface area contributed by atoms with Crippen LogP contribution in [0.5, 0.6) is 0 Å². The average molecular weight is 380 g/mol. The molecule has 0 aliphatic carbocycles. The molecule has 0 saturated carbocycles. The number of carbonyl (C=O) groups is 2. The lowest BCUT2D eigenvalue weighted by atomic mass is 10.1. The fraction of sp³-hybridized carbons (Fsp3) is 0.444. The summed E-state index contributed by atoms with van der Waals surface area (Å²) in [6, 6.07) is 6.32. The number of rotatable bonds is 9. The van der Waals surface area contributed by atoms with Crippen LogP contribution in [0.4, 0.5) is 0 Å². The van der Waals surface area contributed by atoms with Gasteiger partial charge in [0.15, 0.2) is 0 Å². The first-order valence-corrected chi connectivity index (χ1v) is 9.95. The Bertz CT molecular complexity index is 799. The minimum absolute atomic E-state index is 0.0788. The molecule has 8 heteroatoms. The highest BCUT2D eigenvalue weighted by Gasteiger charge is 2.30. The van der Waals surface area contributed by atoms with E-state index in [1.165, 1.54) is 22.2 Å².